The van der Waals surface area contributed by atoms with Crippen LogP contribution in [0.2, 0.25) is 0 Å². The van der Waals surface area contributed by atoms with Crippen molar-refractivity contribution < 1.29 is 5.11 Å². The average Bonchev–Trinajstić information content (AvgIpc) is 2.04. The van der Waals surface area contributed by atoms with E-state index in [1.54, 1.807) is 19.2 Å². The number of halogens is 1. The fraction of sp³-hybridized carbons (Fsp3) is 0.375. The van der Waals surface area contributed by atoms with Gasteiger partial charge in [-0.25, -0.2) is 0 Å². The molecule has 0 aliphatic carbocycles. The third-order valence-corrected chi connectivity index (χ3v) is 2.08. The van der Waals surface area contributed by atoms with Crippen molar-refractivity contribution in [1.82, 2.24) is 4.98 Å². The molecule has 1 aromatic heterocycles. The van der Waals surface area contributed by atoms with E-state index in [0.29, 0.717) is 5.69 Å². The van der Waals surface area contributed by atoms with Crippen molar-refractivity contribution in [1.29, 1.82) is 0 Å². The Kier molecular flexibility index (Phi) is 3.20. The van der Waals surface area contributed by atoms with Gasteiger partial charge in [0.05, 0.1) is 17.8 Å². The maximum Gasteiger partial charge on any atom is 0.0730 e. The average molecular weight is 231 g/mol. The van der Waals surface area contributed by atoms with Crippen LogP contribution in [0.3, 0.4) is 0 Å². The first-order chi connectivity index (χ1) is 5.61. The second kappa shape index (κ2) is 3.98. The summed E-state index contributed by atoms with van der Waals surface area (Å²) in [6, 6.07) is 3.24. The van der Waals surface area contributed by atoms with Gasteiger partial charge in [0.2, 0.25) is 0 Å². The number of aliphatic hydroxyl groups excluding tert-OH is 1. The first-order valence-electron chi connectivity index (χ1n) is 3.66. The zero-order valence-corrected chi connectivity index (χ0v) is 8.32. The molecule has 66 valence electrons. The predicted molar refractivity (Wildman–Crippen MR) is 50.5 cm³/mol. The van der Waals surface area contributed by atoms with E-state index < -0.39 is 12.1 Å². The van der Waals surface area contributed by atoms with Crippen LogP contribution in [-0.4, -0.2) is 16.2 Å². The zero-order valence-electron chi connectivity index (χ0n) is 6.74. The summed E-state index contributed by atoms with van der Waals surface area (Å²) in [7, 11) is 0. The van der Waals surface area contributed by atoms with Gasteiger partial charge in [-0.2, -0.15) is 0 Å². The molecule has 0 aliphatic rings. The molecule has 0 bridgehead atoms. The highest BCUT2D eigenvalue weighted by atomic mass is 79.9. The molecule has 3 N–H and O–H groups in total. The molecule has 1 rings (SSSR count). The molecule has 0 saturated carbocycles. The number of aromatic nitrogens is 1. The fourth-order valence-electron chi connectivity index (χ4n) is 0.832. The van der Waals surface area contributed by atoms with Crippen molar-refractivity contribution in [3.8, 4) is 0 Å². The molecule has 0 aliphatic heterocycles. The summed E-state index contributed by atoms with van der Waals surface area (Å²) in [5.41, 5.74) is 6.36. The lowest BCUT2D eigenvalue weighted by Crippen LogP contribution is -2.23. The summed E-state index contributed by atoms with van der Waals surface area (Å²) in [6.07, 6.45) is 1.09. The van der Waals surface area contributed by atoms with Gasteiger partial charge in [0, 0.05) is 10.7 Å². The predicted octanol–water partition coefficient (Wildman–Crippen LogP) is 1.22. The number of nitrogens with zero attached hydrogens (tertiary/aromatic N) is 1. The molecular formula is C8H11BrN2O. The van der Waals surface area contributed by atoms with E-state index in [1.165, 1.54) is 0 Å². The summed E-state index contributed by atoms with van der Waals surface area (Å²) in [5, 5.41) is 9.17. The largest absolute Gasteiger partial charge is 0.391 e. The first-order valence-corrected chi connectivity index (χ1v) is 4.45. The van der Waals surface area contributed by atoms with Crippen molar-refractivity contribution >= 4 is 15.9 Å². The van der Waals surface area contributed by atoms with E-state index in [9.17, 15) is 0 Å². The topological polar surface area (TPSA) is 59.1 Å². The van der Waals surface area contributed by atoms with Gasteiger partial charge in [-0.3, -0.25) is 4.98 Å². The molecule has 0 saturated heterocycles. The molecule has 0 amide bonds. The van der Waals surface area contributed by atoms with Crippen molar-refractivity contribution in [2.75, 3.05) is 0 Å². The van der Waals surface area contributed by atoms with Crippen LogP contribution in [0, 0.1) is 0 Å². The summed E-state index contributed by atoms with van der Waals surface area (Å²) < 4.78 is 0.907. The van der Waals surface area contributed by atoms with Crippen LogP contribution in [0.15, 0.2) is 22.8 Å². The van der Waals surface area contributed by atoms with E-state index in [4.69, 9.17) is 10.8 Å². The monoisotopic (exact) mass is 230 g/mol. The van der Waals surface area contributed by atoms with Gasteiger partial charge < -0.3 is 10.8 Å². The van der Waals surface area contributed by atoms with Crippen LogP contribution < -0.4 is 5.73 Å². The standard InChI is InChI=1S/C8H11BrN2O/c1-5(12)8(10)7-3-2-6(9)4-11-7/h2-5,8,12H,10H2,1H3/t5?,8-/m0/s1. The van der Waals surface area contributed by atoms with E-state index in [1.807, 2.05) is 6.07 Å². The van der Waals surface area contributed by atoms with Gasteiger partial charge in [-0.1, -0.05) is 0 Å². The van der Waals surface area contributed by atoms with Gasteiger partial charge in [-0.05, 0) is 35.0 Å². The number of rotatable bonds is 2. The van der Waals surface area contributed by atoms with Gasteiger partial charge in [0.25, 0.3) is 0 Å². The van der Waals surface area contributed by atoms with Gasteiger partial charge >= 0.3 is 0 Å². The van der Waals surface area contributed by atoms with Crippen molar-refractivity contribution in [3.63, 3.8) is 0 Å². The van der Waals surface area contributed by atoms with E-state index in [2.05, 4.69) is 20.9 Å². The Bertz CT molecular complexity index is 248. The van der Waals surface area contributed by atoms with Crippen LogP contribution >= 0.6 is 15.9 Å². The van der Waals surface area contributed by atoms with Crippen molar-refractivity contribution in [2.24, 2.45) is 5.73 Å². The third-order valence-electron chi connectivity index (χ3n) is 1.61. The number of pyridine rings is 1. The number of nitrogens with two attached hydrogens (primary N) is 1. The Hall–Kier alpha value is -0.450. The fourth-order valence-corrected chi connectivity index (χ4v) is 1.07. The summed E-state index contributed by atoms with van der Waals surface area (Å²) in [6.45, 7) is 1.65. The summed E-state index contributed by atoms with van der Waals surface area (Å²) in [5.74, 6) is 0. The minimum atomic E-state index is -0.571. The molecule has 0 radical (unpaired) electrons. The maximum absolute atomic E-state index is 9.17. The van der Waals surface area contributed by atoms with Crippen LogP contribution in [0.1, 0.15) is 18.7 Å². The Morgan fingerprint density at radius 2 is 2.25 bits per heavy atom. The number of hydrogen-bond acceptors (Lipinski definition) is 3. The SMILES string of the molecule is CC(O)[C@H](N)c1ccc(Br)cn1. The lowest BCUT2D eigenvalue weighted by Gasteiger charge is -2.13. The second-order valence-corrected chi connectivity index (χ2v) is 3.58. The minimum absolute atomic E-state index is 0.405. The Labute approximate surface area is 79.7 Å². The highest BCUT2D eigenvalue weighted by molar-refractivity contribution is 9.10. The highest BCUT2D eigenvalue weighted by Gasteiger charge is 2.12. The Morgan fingerprint density at radius 1 is 1.58 bits per heavy atom. The van der Waals surface area contributed by atoms with Crippen molar-refractivity contribution in [3.05, 3.63) is 28.5 Å². The van der Waals surface area contributed by atoms with Crippen LogP contribution in [0.5, 0.6) is 0 Å². The van der Waals surface area contributed by atoms with Gasteiger partial charge in [-0.15, -0.1) is 0 Å². The third kappa shape index (κ3) is 2.27. The number of hydrogen-bond donors (Lipinski definition) is 2. The minimum Gasteiger partial charge on any atom is -0.391 e. The molecule has 0 fully saturated rings. The van der Waals surface area contributed by atoms with Gasteiger partial charge in [0.15, 0.2) is 0 Å². The van der Waals surface area contributed by atoms with E-state index in [0.717, 1.165) is 4.47 Å². The molecule has 1 unspecified atom stereocenters. The van der Waals surface area contributed by atoms with Crippen LogP contribution in [0.25, 0.3) is 0 Å². The molecule has 1 aromatic rings. The quantitative estimate of drug-likeness (QED) is 0.804. The molecule has 3 nitrogen and oxygen atoms in total. The summed E-state index contributed by atoms with van der Waals surface area (Å²) >= 11 is 3.27. The smallest absolute Gasteiger partial charge is 0.0730 e. The molecule has 12 heavy (non-hydrogen) atoms. The molecule has 0 spiro atoms. The van der Waals surface area contributed by atoms with Crippen LogP contribution in [-0.2, 0) is 0 Å². The lowest BCUT2D eigenvalue weighted by molar-refractivity contribution is 0.162. The van der Waals surface area contributed by atoms with E-state index >= 15 is 0 Å². The van der Waals surface area contributed by atoms with E-state index in [-0.39, 0.29) is 0 Å². The Balaban J connectivity index is 2.82. The molecule has 4 heteroatoms. The normalized spacial score (nSPS) is 15.7. The van der Waals surface area contributed by atoms with Gasteiger partial charge in [0.1, 0.15) is 0 Å². The first kappa shape index (κ1) is 9.64. The second-order valence-electron chi connectivity index (χ2n) is 2.67. The van der Waals surface area contributed by atoms with Crippen molar-refractivity contribution in [2.45, 2.75) is 19.1 Å². The Morgan fingerprint density at radius 3 is 2.67 bits per heavy atom. The molecular weight excluding hydrogens is 220 g/mol. The summed E-state index contributed by atoms with van der Waals surface area (Å²) in [4.78, 5) is 4.07. The molecule has 0 aromatic carbocycles. The maximum atomic E-state index is 9.17. The molecule has 2 atom stereocenters. The lowest BCUT2D eigenvalue weighted by atomic mass is 10.1. The zero-order chi connectivity index (χ0) is 9.14. The highest BCUT2D eigenvalue weighted by Crippen LogP contribution is 2.14. The molecule has 1 heterocycles. The van der Waals surface area contributed by atoms with Crippen LogP contribution in [0.4, 0.5) is 0 Å². The number of aliphatic hydroxyl groups is 1.